The summed E-state index contributed by atoms with van der Waals surface area (Å²) in [7, 11) is 1.67. The molecule has 3 heterocycles. The summed E-state index contributed by atoms with van der Waals surface area (Å²) in [6.07, 6.45) is 8.43. The highest BCUT2D eigenvalue weighted by Crippen LogP contribution is 2.21. The van der Waals surface area contributed by atoms with E-state index in [0.717, 1.165) is 41.8 Å². The van der Waals surface area contributed by atoms with Crippen molar-refractivity contribution in [3.8, 4) is 0 Å². The molecule has 0 bridgehead atoms. The summed E-state index contributed by atoms with van der Waals surface area (Å²) in [5.41, 5.74) is 2.18. The minimum absolute atomic E-state index is 0.155. The molecule has 1 atom stereocenters. The maximum Gasteiger partial charge on any atom is 0.225 e. The zero-order valence-electron chi connectivity index (χ0n) is 16.8. The van der Waals surface area contributed by atoms with Crippen LogP contribution in [0.5, 0.6) is 0 Å². The number of aryl methyl sites for hydroxylation is 1. The lowest BCUT2D eigenvalue weighted by Crippen LogP contribution is -2.29. The lowest BCUT2D eigenvalue weighted by molar-refractivity contribution is 0.162. The summed E-state index contributed by atoms with van der Waals surface area (Å²) in [5.74, 6) is 2.63. The first kappa shape index (κ1) is 19.8. The van der Waals surface area contributed by atoms with Crippen molar-refractivity contribution in [1.29, 1.82) is 0 Å². The van der Waals surface area contributed by atoms with E-state index in [1.807, 2.05) is 18.3 Å². The number of hydrogen-bond donors (Lipinski definition) is 1. The predicted molar refractivity (Wildman–Crippen MR) is 107 cm³/mol. The highest BCUT2D eigenvalue weighted by Gasteiger charge is 2.16. The number of furan rings is 1. The topological polar surface area (TPSA) is 63.4 Å². The lowest BCUT2D eigenvalue weighted by atomic mass is 10.1. The highest BCUT2D eigenvalue weighted by molar-refractivity contribution is 5.34. The molecular weight excluding hydrogens is 340 g/mol. The van der Waals surface area contributed by atoms with E-state index in [2.05, 4.69) is 29.0 Å². The number of rotatable bonds is 7. The molecule has 2 aromatic rings. The molecule has 148 valence electrons. The van der Waals surface area contributed by atoms with Crippen molar-refractivity contribution >= 4 is 5.95 Å². The van der Waals surface area contributed by atoms with Gasteiger partial charge in [0.25, 0.3) is 0 Å². The Morgan fingerprint density at radius 3 is 2.56 bits per heavy atom. The first-order chi connectivity index (χ1) is 13.2. The molecule has 0 saturated carbocycles. The molecule has 0 spiro atoms. The zero-order chi connectivity index (χ0) is 19.1. The van der Waals surface area contributed by atoms with E-state index < -0.39 is 0 Å². The van der Waals surface area contributed by atoms with E-state index in [1.165, 1.54) is 32.1 Å². The van der Waals surface area contributed by atoms with E-state index in [0.29, 0.717) is 13.2 Å². The minimum Gasteiger partial charge on any atom is -0.462 e. The molecule has 0 aliphatic carbocycles. The van der Waals surface area contributed by atoms with Crippen molar-refractivity contribution in [2.45, 2.75) is 65.1 Å². The molecule has 0 aromatic carbocycles. The average Bonchev–Trinajstić information content (AvgIpc) is 3.07. The van der Waals surface area contributed by atoms with E-state index >= 15 is 0 Å². The van der Waals surface area contributed by atoms with Crippen LogP contribution in [0.15, 0.2) is 22.7 Å². The molecule has 0 unspecified atom stereocenters. The van der Waals surface area contributed by atoms with Crippen LogP contribution in [-0.2, 0) is 17.9 Å². The van der Waals surface area contributed by atoms with Crippen LogP contribution < -0.4 is 10.2 Å². The molecule has 2 aromatic heterocycles. The smallest absolute Gasteiger partial charge is 0.225 e. The van der Waals surface area contributed by atoms with Gasteiger partial charge in [-0.2, -0.15) is 0 Å². The molecule has 0 amide bonds. The molecular formula is C21H32N4O2. The van der Waals surface area contributed by atoms with Gasteiger partial charge in [0.15, 0.2) is 0 Å². The Bertz CT molecular complexity index is 708. The minimum atomic E-state index is 0.155. The third kappa shape index (κ3) is 5.53. The number of aromatic nitrogens is 2. The van der Waals surface area contributed by atoms with Gasteiger partial charge in [0.2, 0.25) is 5.95 Å². The van der Waals surface area contributed by atoms with Gasteiger partial charge in [-0.15, -0.1) is 0 Å². The van der Waals surface area contributed by atoms with E-state index in [-0.39, 0.29) is 6.04 Å². The number of nitrogens with zero attached hydrogens (tertiary/aromatic N) is 3. The van der Waals surface area contributed by atoms with Crippen LogP contribution in [0.25, 0.3) is 0 Å². The van der Waals surface area contributed by atoms with Crippen LogP contribution >= 0.6 is 0 Å². The number of nitrogens with one attached hydrogen (secondary N) is 1. The van der Waals surface area contributed by atoms with Gasteiger partial charge < -0.3 is 19.4 Å². The molecule has 1 saturated heterocycles. The Hall–Kier alpha value is -1.92. The Kier molecular flexibility index (Phi) is 7.24. The molecule has 1 aliphatic heterocycles. The Balaban J connectivity index is 1.60. The van der Waals surface area contributed by atoms with Crippen molar-refractivity contribution in [2.75, 3.05) is 25.1 Å². The van der Waals surface area contributed by atoms with Crippen LogP contribution in [0.2, 0.25) is 0 Å². The average molecular weight is 373 g/mol. The second kappa shape index (κ2) is 9.85. The second-order valence-electron chi connectivity index (χ2n) is 7.37. The summed E-state index contributed by atoms with van der Waals surface area (Å²) in [5, 5.41) is 3.50. The molecule has 0 radical (unpaired) electrons. The largest absolute Gasteiger partial charge is 0.462 e. The maximum atomic E-state index is 5.74. The second-order valence-corrected chi connectivity index (χ2v) is 7.37. The van der Waals surface area contributed by atoms with Gasteiger partial charge in [0.1, 0.15) is 18.1 Å². The van der Waals surface area contributed by atoms with Gasteiger partial charge >= 0.3 is 0 Å². The standard InChI is InChI=1S/C21H32N4O2/c1-16(22-13-18-9-10-19(27-18)15-26-3)20-14-23-21(24-17(20)2)25-11-7-5-4-6-8-12-25/h9-10,14,16,22H,4-8,11-13,15H2,1-3H3/t16-/m0/s1. The van der Waals surface area contributed by atoms with Crippen LogP contribution in [0.4, 0.5) is 5.95 Å². The number of ether oxygens (including phenoxy) is 1. The van der Waals surface area contributed by atoms with E-state index in [9.17, 15) is 0 Å². The SMILES string of the molecule is COCc1ccc(CN[C@@H](C)c2cnc(N3CCCCCCC3)nc2C)o1. The van der Waals surface area contributed by atoms with Gasteiger partial charge in [-0.1, -0.05) is 19.3 Å². The number of anilines is 1. The van der Waals surface area contributed by atoms with Crippen LogP contribution in [0, 0.1) is 6.92 Å². The van der Waals surface area contributed by atoms with Gasteiger partial charge in [0, 0.05) is 43.7 Å². The van der Waals surface area contributed by atoms with Crippen LogP contribution in [0.1, 0.15) is 67.8 Å². The summed E-state index contributed by atoms with van der Waals surface area (Å²) in [6, 6.07) is 4.10. The zero-order valence-corrected chi connectivity index (χ0v) is 16.8. The molecule has 6 nitrogen and oxygen atoms in total. The molecule has 1 fully saturated rings. The monoisotopic (exact) mass is 372 g/mol. The quantitative estimate of drug-likeness (QED) is 0.788. The number of hydrogen-bond acceptors (Lipinski definition) is 6. The third-order valence-electron chi connectivity index (χ3n) is 5.20. The van der Waals surface area contributed by atoms with Gasteiger partial charge in [-0.3, -0.25) is 0 Å². The summed E-state index contributed by atoms with van der Waals surface area (Å²) in [4.78, 5) is 11.8. The van der Waals surface area contributed by atoms with Crippen LogP contribution in [-0.4, -0.2) is 30.2 Å². The molecule has 27 heavy (non-hydrogen) atoms. The summed E-state index contributed by atoms with van der Waals surface area (Å²) < 4.78 is 10.8. The van der Waals surface area contributed by atoms with Crippen molar-refractivity contribution < 1.29 is 9.15 Å². The summed E-state index contributed by atoms with van der Waals surface area (Å²) in [6.45, 7) is 7.51. The van der Waals surface area contributed by atoms with Crippen molar-refractivity contribution in [1.82, 2.24) is 15.3 Å². The van der Waals surface area contributed by atoms with E-state index in [4.69, 9.17) is 14.1 Å². The fourth-order valence-electron chi connectivity index (χ4n) is 3.59. The highest BCUT2D eigenvalue weighted by atomic mass is 16.5. The molecule has 1 N–H and O–H groups in total. The summed E-state index contributed by atoms with van der Waals surface area (Å²) >= 11 is 0. The van der Waals surface area contributed by atoms with Gasteiger partial charge in [-0.25, -0.2) is 9.97 Å². The predicted octanol–water partition coefficient (Wildman–Crippen LogP) is 4.15. The molecule has 3 rings (SSSR count). The first-order valence-corrected chi connectivity index (χ1v) is 10.1. The van der Waals surface area contributed by atoms with Crippen molar-refractivity contribution in [3.05, 3.63) is 41.1 Å². The third-order valence-corrected chi connectivity index (χ3v) is 5.20. The number of methoxy groups -OCH3 is 1. The van der Waals surface area contributed by atoms with Crippen LogP contribution in [0.3, 0.4) is 0 Å². The van der Waals surface area contributed by atoms with E-state index in [1.54, 1.807) is 7.11 Å². The first-order valence-electron chi connectivity index (χ1n) is 10.1. The fourth-order valence-corrected chi connectivity index (χ4v) is 3.59. The normalized spacial score (nSPS) is 16.8. The molecule has 6 heteroatoms. The fraction of sp³-hybridized carbons (Fsp3) is 0.619. The lowest BCUT2D eigenvalue weighted by Gasteiger charge is -2.25. The molecule has 1 aliphatic rings. The Morgan fingerprint density at radius 2 is 1.85 bits per heavy atom. The van der Waals surface area contributed by atoms with Crippen molar-refractivity contribution in [3.63, 3.8) is 0 Å². The van der Waals surface area contributed by atoms with Gasteiger partial charge in [-0.05, 0) is 38.8 Å². The van der Waals surface area contributed by atoms with Crippen molar-refractivity contribution in [2.24, 2.45) is 0 Å². The maximum absolute atomic E-state index is 5.74. The van der Waals surface area contributed by atoms with Gasteiger partial charge in [0.05, 0.1) is 6.54 Å². The Labute approximate surface area is 162 Å². The Morgan fingerprint density at radius 1 is 1.15 bits per heavy atom.